The van der Waals surface area contributed by atoms with Crippen LogP contribution in [0.15, 0.2) is 40.1 Å². The van der Waals surface area contributed by atoms with Crippen molar-refractivity contribution in [2.75, 3.05) is 13.2 Å². The first-order valence-electron chi connectivity index (χ1n) is 9.53. The third-order valence-corrected chi connectivity index (χ3v) is 6.82. The number of ether oxygens (including phenoxy) is 1. The maximum Gasteiger partial charge on any atom is 0.326 e. The first-order valence-corrected chi connectivity index (χ1v) is 11.3. The fourth-order valence-electron chi connectivity index (χ4n) is 3.38. The minimum atomic E-state index is -1.08. The van der Waals surface area contributed by atoms with Crippen molar-refractivity contribution in [1.29, 1.82) is 0 Å². The molecule has 9 nitrogen and oxygen atoms in total. The van der Waals surface area contributed by atoms with Crippen LogP contribution in [0.5, 0.6) is 0 Å². The highest BCUT2D eigenvalue weighted by Gasteiger charge is 2.45. The molecule has 0 bridgehead atoms. The normalized spacial score (nSPS) is 20.1. The Balaban J connectivity index is 1.41. The molecule has 2 aromatic rings. The summed E-state index contributed by atoms with van der Waals surface area (Å²) >= 11 is 3.07. The lowest BCUT2D eigenvalue weighted by Crippen LogP contribution is -2.41. The first kappa shape index (κ1) is 21.2. The largest absolute Gasteiger partial charge is 0.454 e. The van der Waals surface area contributed by atoms with Crippen LogP contribution in [0.2, 0.25) is 0 Å². The number of hydrazone groups is 1. The lowest BCUT2D eigenvalue weighted by atomic mass is 10.1. The van der Waals surface area contributed by atoms with Crippen LogP contribution in [0, 0.1) is 0 Å². The highest BCUT2D eigenvalue weighted by atomic mass is 32.1. The Kier molecular flexibility index (Phi) is 5.63. The van der Waals surface area contributed by atoms with E-state index in [0.29, 0.717) is 6.42 Å². The van der Waals surface area contributed by atoms with Crippen molar-refractivity contribution in [2.24, 2.45) is 5.10 Å². The van der Waals surface area contributed by atoms with Crippen molar-refractivity contribution in [3.63, 3.8) is 0 Å². The van der Waals surface area contributed by atoms with Crippen molar-refractivity contribution < 1.29 is 23.9 Å². The molecule has 11 heteroatoms. The smallest absolute Gasteiger partial charge is 0.326 e. The molecule has 4 heterocycles. The molecule has 4 amide bonds. The fraction of sp³-hybridized carbons (Fsp3) is 0.350. The summed E-state index contributed by atoms with van der Waals surface area (Å²) in [5.41, 5.74) is -0.279. The van der Waals surface area contributed by atoms with Gasteiger partial charge in [0.2, 0.25) is 0 Å². The topological polar surface area (TPSA) is 108 Å². The summed E-state index contributed by atoms with van der Waals surface area (Å²) in [7, 11) is 0. The number of carbonyl (C=O) groups excluding carboxylic acids is 4. The lowest BCUT2D eigenvalue weighted by Gasteiger charge is -2.20. The molecule has 1 atom stereocenters. The summed E-state index contributed by atoms with van der Waals surface area (Å²) in [6, 6.07) is 6.78. The molecule has 0 saturated carbocycles. The predicted octanol–water partition coefficient (Wildman–Crippen LogP) is 2.36. The predicted molar refractivity (Wildman–Crippen MR) is 115 cm³/mol. The summed E-state index contributed by atoms with van der Waals surface area (Å²) in [6.45, 7) is 2.00. The standard InChI is InChI=1S/C20H20N4O5S2/c1-20(2)18(27)23(19(28)21-20)10-17(26)29-11-16(25)24-13(15-6-4-8-31-15)9-12(22-24)14-5-3-7-30-14/h3-8,13H,9-11H2,1-2H3,(H,21,28). The van der Waals surface area contributed by atoms with E-state index in [0.717, 1.165) is 20.4 Å². The van der Waals surface area contributed by atoms with Gasteiger partial charge in [-0.1, -0.05) is 12.1 Å². The number of nitrogens with one attached hydrogen (secondary N) is 1. The number of hydrogen-bond acceptors (Lipinski definition) is 8. The third kappa shape index (κ3) is 4.23. The minimum absolute atomic E-state index is 0.268. The number of esters is 1. The van der Waals surface area contributed by atoms with E-state index < -0.39 is 42.5 Å². The van der Waals surface area contributed by atoms with Crippen LogP contribution in [0.4, 0.5) is 4.79 Å². The van der Waals surface area contributed by atoms with Crippen LogP contribution < -0.4 is 5.32 Å². The van der Waals surface area contributed by atoms with E-state index in [2.05, 4.69) is 10.4 Å². The van der Waals surface area contributed by atoms with Crippen molar-refractivity contribution in [3.8, 4) is 0 Å². The van der Waals surface area contributed by atoms with Gasteiger partial charge in [0.25, 0.3) is 11.8 Å². The SMILES string of the molecule is CC1(C)NC(=O)N(CC(=O)OCC(=O)N2N=C(c3cccs3)CC2c2cccs2)C1=O. The minimum Gasteiger partial charge on any atom is -0.454 e. The van der Waals surface area contributed by atoms with Crippen LogP contribution in [0.25, 0.3) is 0 Å². The van der Waals surface area contributed by atoms with Gasteiger partial charge >= 0.3 is 12.0 Å². The molecule has 2 aliphatic rings. The van der Waals surface area contributed by atoms with Gasteiger partial charge in [0.1, 0.15) is 12.1 Å². The second-order valence-corrected chi connectivity index (χ2v) is 9.53. The quantitative estimate of drug-likeness (QED) is 0.526. The van der Waals surface area contributed by atoms with Crippen LogP contribution in [-0.2, 0) is 19.1 Å². The third-order valence-electron chi connectivity index (χ3n) is 4.93. The number of amides is 4. The van der Waals surface area contributed by atoms with E-state index in [1.807, 2.05) is 35.0 Å². The average Bonchev–Trinajstić information content (AvgIpc) is 3.49. The van der Waals surface area contributed by atoms with Crippen molar-refractivity contribution >= 4 is 52.2 Å². The van der Waals surface area contributed by atoms with Crippen molar-refractivity contribution in [2.45, 2.75) is 31.8 Å². The van der Waals surface area contributed by atoms with Gasteiger partial charge in [-0.15, -0.1) is 22.7 Å². The van der Waals surface area contributed by atoms with E-state index in [4.69, 9.17) is 4.74 Å². The average molecular weight is 461 g/mol. The Labute approximate surface area is 186 Å². The van der Waals surface area contributed by atoms with Gasteiger partial charge in [-0.3, -0.25) is 19.3 Å². The monoisotopic (exact) mass is 460 g/mol. The molecular weight excluding hydrogens is 440 g/mol. The number of rotatable bonds is 6. The van der Waals surface area contributed by atoms with Gasteiger partial charge in [0.15, 0.2) is 6.61 Å². The first-order chi connectivity index (χ1) is 14.8. The van der Waals surface area contributed by atoms with Gasteiger partial charge in [-0.05, 0) is 36.7 Å². The highest BCUT2D eigenvalue weighted by molar-refractivity contribution is 7.12. The van der Waals surface area contributed by atoms with E-state index in [1.165, 1.54) is 16.3 Å². The molecule has 0 spiro atoms. The van der Waals surface area contributed by atoms with Crippen LogP contribution in [-0.4, -0.2) is 58.1 Å². The zero-order chi connectivity index (χ0) is 22.2. The molecule has 0 aliphatic carbocycles. The van der Waals surface area contributed by atoms with Gasteiger partial charge in [-0.25, -0.2) is 9.80 Å². The molecule has 4 rings (SSSR count). The maximum absolute atomic E-state index is 12.8. The van der Waals surface area contributed by atoms with E-state index in [-0.39, 0.29) is 6.04 Å². The van der Waals surface area contributed by atoms with E-state index >= 15 is 0 Å². The Hall–Kier alpha value is -3.05. The number of imide groups is 1. The molecule has 31 heavy (non-hydrogen) atoms. The number of carbonyl (C=O) groups is 4. The zero-order valence-electron chi connectivity index (χ0n) is 16.9. The Morgan fingerprint density at radius 3 is 2.58 bits per heavy atom. The van der Waals surface area contributed by atoms with E-state index in [1.54, 1.807) is 25.2 Å². The Bertz CT molecular complexity index is 1050. The molecule has 0 radical (unpaired) electrons. The molecule has 1 unspecified atom stereocenters. The Morgan fingerprint density at radius 1 is 1.23 bits per heavy atom. The Morgan fingerprint density at radius 2 is 1.97 bits per heavy atom. The van der Waals surface area contributed by atoms with Crippen molar-refractivity contribution in [1.82, 2.24) is 15.2 Å². The van der Waals surface area contributed by atoms with Gasteiger partial charge in [0.05, 0.1) is 16.6 Å². The summed E-state index contributed by atoms with van der Waals surface area (Å²) < 4.78 is 5.07. The van der Waals surface area contributed by atoms with Crippen LogP contribution in [0.3, 0.4) is 0 Å². The molecule has 2 aliphatic heterocycles. The second-order valence-electron chi connectivity index (χ2n) is 7.60. The van der Waals surface area contributed by atoms with Crippen molar-refractivity contribution in [3.05, 3.63) is 44.8 Å². The number of urea groups is 1. The number of hydrogen-bond donors (Lipinski definition) is 1. The number of thiophene rings is 2. The summed E-state index contributed by atoms with van der Waals surface area (Å²) in [6.07, 6.45) is 0.568. The van der Waals surface area contributed by atoms with Crippen LogP contribution in [0.1, 0.15) is 36.1 Å². The molecule has 1 fully saturated rings. The summed E-state index contributed by atoms with van der Waals surface area (Å²) in [4.78, 5) is 51.8. The maximum atomic E-state index is 12.8. The molecule has 1 N–H and O–H groups in total. The molecule has 1 saturated heterocycles. The zero-order valence-corrected chi connectivity index (χ0v) is 18.5. The molecule has 2 aromatic heterocycles. The number of nitrogens with zero attached hydrogens (tertiary/aromatic N) is 3. The van der Waals surface area contributed by atoms with E-state index in [9.17, 15) is 19.2 Å². The fourth-order valence-corrected chi connectivity index (χ4v) is 4.91. The lowest BCUT2D eigenvalue weighted by molar-refractivity contribution is -0.154. The second kappa shape index (κ2) is 8.23. The summed E-state index contributed by atoms with van der Waals surface area (Å²) in [5.74, 6) is -1.84. The molecule has 162 valence electrons. The molecule has 0 aromatic carbocycles. The molecular formula is C20H20N4O5S2. The van der Waals surface area contributed by atoms with Crippen LogP contribution >= 0.6 is 22.7 Å². The van der Waals surface area contributed by atoms with Gasteiger partial charge < -0.3 is 10.1 Å². The van der Waals surface area contributed by atoms with Gasteiger partial charge in [-0.2, -0.15) is 5.10 Å². The highest BCUT2D eigenvalue weighted by Crippen LogP contribution is 2.35. The van der Waals surface area contributed by atoms with Gasteiger partial charge in [0, 0.05) is 11.3 Å². The summed E-state index contributed by atoms with van der Waals surface area (Å²) in [5, 5.41) is 12.2.